The molecule has 0 spiro atoms. The van der Waals surface area contributed by atoms with Gasteiger partial charge in [-0.1, -0.05) is 17.7 Å². The van der Waals surface area contributed by atoms with Crippen molar-refractivity contribution < 1.29 is 19.4 Å². The highest BCUT2D eigenvalue weighted by molar-refractivity contribution is 6.30. The molecule has 1 amide bonds. The smallest absolute Gasteiger partial charge is 0.226 e. The minimum absolute atomic E-state index is 0.0111. The molecule has 1 aliphatic rings. The van der Waals surface area contributed by atoms with Crippen molar-refractivity contribution in [2.45, 2.75) is 31.4 Å². The molecule has 20 heavy (non-hydrogen) atoms. The lowest BCUT2D eigenvalue weighted by molar-refractivity contribution is -0.128. The molecular formula is C14H17ClFNO3. The molecule has 110 valence electrons. The highest BCUT2D eigenvalue weighted by Gasteiger charge is 2.32. The number of amides is 1. The first-order valence-electron chi connectivity index (χ1n) is 6.57. The maximum atomic E-state index is 13.4. The maximum Gasteiger partial charge on any atom is 0.226 e. The number of halogens is 2. The molecule has 1 aliphatic carbocycles. The third kappa shape index (κ3) is 3.29. The van der Waals surface area contributed by atoms with E-state index in [1.54, 1.807) is 6.07 Å². The van der Waals surface area contributed by atoms with Gasteiger partial charge in [-0.3, -0.25) is 4.79 Å². The number of hydrogen-bond donors (Lipinski definition) is 3. The molecule has 0 aromatic heterocycles. The van der Waals surface area contributed by atoms with Crippen LogP contribution in [0, 0.1) is 11.7 Å². The predicted molar refractivity (Wildman–Crippen MR) is 72.7 cm³/mol. The van der Waals surface area contributed by atoms with Crippen molar-refractivity contribution in [2.75, 3.05) is 6.61 Å². The highest BCUT2D eigenvalue weighted by atomic mass is 35.5. The lowest BCUT2D eigenvalue weighted by atomic mass is 10.0. The van der Waals surface area contributed by atoms with Crippen LogP contribution in [0.5, 0.6) is 0 Å². The molecule has 3 N–H and O–H groups in total. The molecular weight excluding hydrogens is 285 g/mol. The minimum Gasteiger partial charge on any atom is -0.394 e. The number of carbonyl (C=O) groups excluding carboxylic acids is 1. The molecule has 0 bridgehead atoms. The van der Waals surface area contributed by atoms with Gasteiger partial charge in [0.05, 0.1) is 29.7 Å². The van der Waals surface area contributed by atoms with Crippen molar-refractivity contribution in [1.82, 2.24) is 5.32 Å². The van der Waals surface area contributed by atoms with Crippen molar-refractivity contribution >= 4 is 17.5 Å². The van der Waals surface area contributed by atoms with Gasteiger partial charge in [-0.25, -0.2) is 4.39 Å². The number of aliphatic hydroxyl groups excluding tert-OH is 2. The Kier molecular flexibility index (Phi) is 4.96. The number of carbonyl (C=O) groups is 1. The van der Waals surface area contributed by atoms with Crippen LogP contribution in [-0.2, 0) is 4.79 Å². The summed E-state index contributed by atoms with van der Waals surface area (Å²) < 4.78 is 13.4. The van der Waals surface area contributed by atoms with E-state index in [1.807, 2.05) is 0 Å². The summed E-state index contributed by atoms with van der Waals surface area (Å²) in [6, 6.07) is 3.42. The van der Waals surface area contributed by atoms with Crippen LogP contribution in [0.3, 0.4) is 0 Å². The first-order valence-corrected chi connectivity index (χ1v) is 6.95. The number of nitrogens with one attached hydrogen (secondary N) is 1. The van der Waals surface area contributed by atoms with Crippen molar-refractivity contribution in [1.29, 1.82) is 0 Å². The van der Waals surface area contributed by atoms with Crippen LogP contribution in [0.1, 0.15) is 30.9 Å². The summed E-state index contributed by atoms with van der Waals surface area (Å²) in [4.78, 5) is 12.0. The fourth-order valence-corrected chi connectivity index (χ4v) is 2.61. The van der Waals surface area contributed by atoms with E-state index in [-0.39, 0.29) is 17.5 Å². The average Bonchev–Trinajstić information content (AvgIpc) is 2.85. The van der Waals surface area contributed by atoms with Crippen molar-refractivity contribution in [3.63, 3.8) is 0 Å². The summed E-state index contributed by atoms with van der Waals surface area (Å²) in [6.07, 6.45) is 1.40. The average molecular weight is 302 g/mol. The molecule has 0 heterocycles. The molecule has 3 atom stereocenters. The van der Waals surface area contributed by atoms with Crippen LogP contribution in [0.4, 0.5) is 4.39 Å². The maximum absolute atomic E-state index is 13.4. The van der Waals surface area contributed by atoms with Gasteiger partial charge in [-0.05, 0) is 37.0 Å². The standard InChI is InChI=1S/C14H17ClFNO3/c15-10-5-4-8(6-11(10)16)12(7-18)17-14(20)9-2-1-3-13(9)19/h4-6,9,12-13,18-19H,1-3,7H2,(H,17,20). The second-order valence-electron chi connectivity index (χ2n) is 5.02. The summed E-state index contributed by atoms with van der Waals surface area (Å²) in [6.45, 7) is -0.352. The van der Waals surface area contributed by atoms with E-state index in [2.05, 4.69) is 5.32 Å². The Morgan fingerprint density at radius 3 is 2.80 bits per heavy atom. The third-order valence-corrected chi connectivity index (χ3v) is 3.97. The summed E-state index contributed by atoms with van der Waals surface area (Å²) in [5.74, 6) is -1.37. The molecule has 0 saturated heterocycles. The number of benzene rings is 1. The van der Waals surface area contributed by atoms with Gasteiger partial charge in [0.15, 0.2) is 0 Å². The zero-order chi connectivity index (χ0) is 14.7. The molecule has 3 unspecified atom stereocenters. The Balaban J connectivity index is 2.08. The molecule has 6 heteroatoms. The van der Waals surface area contributed by atoms with Crippen LogP contribution in [-0.4, -0.2) is 28.8 Å². The lowest BCUT2D eigenvalue weighted by Crippen LogP contribution is -2.38. The van der Waals surface area contributed by atoms with Crippen LogP contribution in [0.25, 0.3) is 0 Å². The molecule has 1 aromatic carbocycles. The van der Waals surface area contributed by atoms with Crippen molar-refractivity contribution in [3.05, 3.63) is 34.6 Å². The SMILES string of the molecule is O=C(NC(CO)c1ccc(Cl)c(F)c1)C1CCCC1O. The van der Waals surface area contributed by atoms with Crippen LogP contribution in [0.15, 0.2) is 18.2 Å². The van der Waals surface area contributed by atoms with Gasteiger partial charge in [0, 0.05) is 0 Å². The zero-order valence-electron chi connectivity index (χ0n) is 10.9. The summed E-state index contributed by atoms with van der Waals surface area (Å²) in [5, 5.41) is 21.7. The second-order valence-corrected chi connectivity index (χ2v) is 5.43. The topological polar surface area (TPSA) is 69.6 Å². The summed E-state index contributed by atoms with van der Waals surface area (Å²) in [7, 11) is 0. The van der Waals surface area contributed by atoms with E-state index >= 15 is 0 Å². The quantitative estimate of drug-likeness (QED) is 0.794. The number of aliphatic hydroxyl groups is 2. The summed E-state index contributed by atoms with van der Waals surface area (Å²) >= 11 is 5.60. The van der Waals surface area contributed by atoms with E-state index in [0.717, 1.165) is 6.42 Å². The largest absolute Gasteiger partial charge is 0.394 e. The van der Waals surface area contributed by atoms with Crippen molar-refractivity contribution in [2.24, 2.45) is 5.92 Å². The minimum atomic E-state index is -0.706. The van der Waals surface area contributed by atoms with Gasteiger partial charge < -0.3 is 15.5 Å². The lowest BCUT2D eigenvalue weighted by Gasteiger charge is -2.21. The van der Waals surface area contributed by atoms with Crippen LogP contribution in [0.2, 0.25) is 5.02 Å². The molecule has 0 aliphatic heterocycles. The Bertz CT molecular complexity index is 497. The van der Waals surface area contributed by atoms with E-state index < -0.39 is 23.9 Å². The van der Waals surface area contributed by atoms with Gasteiger partial charge in [0.25, 0.3) is 0 Å². The third-order valence-electron chi connectivity index (χ3n) is 3.66. The Labute approximate surface area is 121 Å². The second kappa shape index (κ2) is 6.52. The molecule has 2 rings (SSSR count). The molecule has 1 aromatic rings. The molecule has 0 radical (unpaired) electrons. The van der Waals surface area contributed by atoms with Gasteiger partial charge in [-0.2, -0.15) is 0 Å². The first-order chi connectivity index (χ1) is 9.52. The Hall–Kier alpha value is -1.17. The van der Waals surface area contributed by atoms with E-state index in [1.165, 1.54) is 12.1 Å². The summed E-state index contributed by atoms with van der Waals surface area (Å²) in [5.41, 5.74) is 0.440. The van der Waals surface area contributed by atoms with Gasteiger partial charge >= 0.3 is 0 Å². The Morgan fingerprint density at radius 1 is 1.50 bits per heavy atom. The van der Waals surface area contributed by atoms with E-state index in [4.69, 9.17) is 11.6 Å². The van der Waals surface area contributed by atoms with Gasteiger partial charge in [0.2, 0.25) is 5.91 Å². The number of rotatable bonds is 4. The van der Waals surface area contributed by atoms with E-state index in [9.17, 15) is 19.4 Å². The van der Waals surface area contributed by atoms with E-state index in [0.29, 0.717) is 18.4 Å². The van der Waals surface area contributed by atoms with Crippen LogP contribution >= 0.6 is 11.6 Å². The number of hydrogen-bond acceptors (Lipinski definition) is 3. The first kappa shape index (κ1) is 15.2. The van der Waals surface area contributed by atoms with Gasteiger partial charge in [-0.15, -0.1) is 0 Å². The van der Waals surface area contributed by atoms with Gasteiger partial charge in [0.1, 0.15) is 5.82 Å². The zero-order valence-corrected chi connectivity index (χ0v) is 11.6. The monoisotopic (exact) mass is 301 g/mol. The molecule has 1 fully saturated rings. The fourth-order valence-electron chi connectivity index (χ4n) is 2.49. The highest BCUT2D eigenvalue weighted by Crippen LogP contribution is 2.27. The molecule has 1 saturated carbocycles. The normalized spacial score (nSPS) is 23.6. The van der Waals surface area contributed by atoms with Crippen molar-refractivity contribution in [3.8, 4) is 0 Å². The predicted octanol–water partition coefficient (Wildman–Crippen LogP) is 1.79. The molecule has 4 nitrogen and oxygen atoms in total. The fraction of sp³-hybridized carbons (Fsp3) is 0.500. The Morgan fingerprint density at radius 2 is 2.25 bits per heavy atom. The van der Waals surface area contributed by atoms with Crippen LogP contribution < -0.4 is 5.32 Å².